The molecule has 1 heterocycles. The van der Waals surface area contributed by atoms with E-state index in [4.69, 9.17) is 0 Å². The zero-order chi connectivity index (χ0) is 13.7. The molecule has 0 N–H and O–H groups in total. The van der Waals surface area contributed by atoms with Crippen LogP contribution in [-0.4, -0.2) is 23.8 Å². The summed E-state index contributed by atoms with van der Waals surface area (Å²) in [6.45, 7) is 7.41. The van der Waals surface area contributed by atoms with Gasteiger partial charge in [-0.15, -0.1) is 11.3 Å². The minimum absolute atomic E-state index is 0.276. The Morgan fingerprint density at radius 3 is 2.89 bits per heavy atom. The summed E-state index contributed by atoms with van der Waals surface area (Å²) in [5, 5.41) is 2.13. The van der Waals surface area contributed by atoms with Crippen LogP contribution in [0.4, 0.5) is 0 Å². The first-order valence-electron chi connectivity index (χ1n) is 7.50. The maximum absolute atomic E-state index is 12.1. The van der Waals surface area contributed by atoms with Crippen molar-refractivity contribution >= 4 is 17.1 Å². The Balaban J connectivity index is 1.91. The lowest BCUT2D eigenvalue weighted by atomic mass is 9.79. The third-order valence-electron chi connectivity index (χ3n) is 4.33. The number of rotatable bonds is 6. The highest BCUT2D eigenvalue weighted by atomic mass is 32.1. The number of nitrogens with zero attached hydrogens (tertiary/aromatic N) is 1. The highest BCUT2D eigenvalue weighted by Crippen LogP contribution is 2.29. The van der Waals surface area contributed by atoms with Gasteiger partial charge < -0.3 is 0 Å². The molecule has 2 atom stereocenters. The summed E-state index contributed by atoms with van der Waals surface area (Å²) in [6, 6.07) is 4.29. The average molecular weight is 279 g/mol. The molecule has 0 bridgehead atoms. The van der Waals surface area contributed by atoms with Crippen LogP contribution in [0.1, 0.15) is 44.4 Å². The predicted molar refractivity (Wildman–Crippen MR) is 81.4 cm³/mol. The lowest BCUT2D eigenvalue weighted by Crippen LogP contribution is -2.36. The molecule has 106 valence electrons. The maximum atomic E-state index is 12.1. The van der Waals surface area contributed by atoms with Gasteiger partial charge in [-0.2, -0.15) is 0 Å². The van der Waals surface area contributed by atoms with E-state index >= 15 is 0 Å². The second-order valence-electron chi connectivity index (χ2n) is 5.62. The van der Waals surface area contributed by atoms with Crippen molar-refractivity contribution < 1.29 is 4.79 Å². The molecule has 1 fully saturated rings. The fourth-order valence-corrected chi connectivity index (χ4v) is 3.74. The fourth-order valence-electron chi connectivity index (χ4n) is 2.99. The standard InChI is InChI=1S/C16H25NOS/c1-3-13-7-8-16(18)14(10-13)11-17(4-2)12-15-6-5-9-19-15/h5-6,9,13-14H,3-4,7-8,10-12H2,1-2H3. The van der Waals surface area contributed by atoms with Gasteiger partial charge in [0.05, 0.1) is 0 Å². The van der Waals surface area contributed by atoms with Gasteiger partial charge in [-0.3, -0.25) is 9.69 Å². The van der Waals surface area contributed by atoms with Crippen molar-refractivity contribution in [1.82, 2.24) is 4.90 Å². The van der Waals surface area contributed by atoms with Gasteiger partial charge in [0, 0.05) is 30.3 Å². The predicted octanol–water partition coefficient (Wildman–Crippen LogP) is 3.97. The quantitative estimate of drug-likeness (QED) is 0.785. The van der Waals surface area contributed by atoms with Crippen LogP contribution in [0.25, 0.3) is 0 Å². The Morgan fingerprint density at radius 2 is 2.26 bits per heavy atom. The summed E-state index contributed by atoms with van der Waals surface area (Å²) in [7, 11) is 0. The molecule has 1 aliphatic carbocycles. The first kappa shape index (κ1) is 14.7. The third-order valence-corrected chi connectivity index (χ3v) is 5.20. The highest BCUT2D eigenvalue weighted by Gasteiger charge is 2.28. The molecule has 0 spiro atoms. The van der Waals surface area contributed by atoms with Gasteiger partial charge in [0.2, 0.25) is 0 Å². The number of hydrogen-bond donors (Lipinski definition) is 0. The first-order valence-corrected chi connectivity index (χ1v) is 8.38. The summed E-state index contributed by atoms with van der Waals surface area (Å²) >= 11 is 1.81. The van der Waals surface area contributed by atoms with Crippen LogP contribution in [0.3, 0.4) is 0 Å². The molecule has 0 radical (unpaired) electrons. The van der Waals surface area contributed by atoms with Gasteiger partial charge in [0.15, 0.2) is 0 Å². The SMILES string of the molecule is CCC1CCC(=O)C(CN(CC)Cc2cccs2)C1. The molecular weight excluding hydrogens is 254 g/mol. The van der Waals surface area contributed by atoms with Crippen LogP contribution in [0, 0.1) is 11.8 Å². The molecule has 2 unspecified atom stereocenters. The summed E-state index contributed by atoms with van der Waals surface area (Å²) < 4.78 is 0. The molecule has 2 rings (SSSR count). The molecule has 19 heavy (non-hydrogen) atoms. The Bertz CT molecular complexity index is 387. The number of ketones is 1. The molecule has 2 nitrogen and oxygen atoms in total. The summed E-state index contributed by atoms with van der Waals surface area (Å²) in [5.74, 6) is 1.54. The van der Waals surface area contributed by atoms with Gasteiger partial charge in [0.25, 0.3) is 0 Å². The molecule has 0 amide bonds. The topological polar surface area (TPSA) is 20.3 Å². The van der Waals surface area contributed by atoms with E-state index in [2.05, 4.69) is 36.3 Å². The van der Waals surface area contributed by atoms with Crippen molar-refractivity contribution in [2.75, 3.05) is 13.1 Å². The number of hydrogen-bond acceptors (Lipinski definition) is 3. The second kappa shape index (κ2) is 7.20. The van der Waals surface area contributed by atoms with Gasteiger partial charge in [-0.1, -0.05) is 26.3 Å². The van der Waals surface area contributed by atoms with E-state index in [9.17, 15) is 4.79 Å². The van der Waals surface area contributed by atoms with E-state index < -0.39 is 0 Å². The molecule has 1 aliphatic rings. The molecule has 0 aromatic carbocycles. The van der Waals surface area contributed by atoms with E-state index in [0.717, 1.165) is 44.8 Å². The Kier molecular flexibility index (Phi) is 5.59. The van der Waals surface area contributed by atoms with Crippen molar-refractivity contribution in [3.05, 3.63) is 22.4 Å². The minimum Gasteiger partial charge on any atom is -0.299 e. The molecule has 0 aliphatic heterocycles. The molecule has 0 saturated heterocycles. The van der Waals surface area contributed by atoms with Crippen molar-refractivity contribution in [3.8, 4) is 0 Å². The van der Waals surface area contributed by atoms with E-state index in [1.54, 1.807) is 0 Å². The van der Waals surface area contributed by atoms with Gasteiger partial charge in [-0.05, 0) is 36.8 Å². The zero-order valence-electron chi connectivity index (χ0n) is 12.1. The Morgan fingerprint density at radius 1 is 1.42 bits per heavy atom. The van der Waals surface area contributed by atoms with E-state index in [1.165, 1.54) is 11.3 Å². The van der Waals surface area contributed by atoms with Crippen molar-refractivity contribution in [2.24, 2.45) is 11.8 Å². The minimum atomic E-state index is 0.276. The van der Waals surface area contributed by atoms with Crippen LogP contribution >= 0.6 is 11.3 Å². The smallest absolute Gasteiger partial charge is 0.137 e. The fraction of sp³-hybridized carbons (Fsp3) is 0.688. The van der Waals surface area contributed by atoms with Crippen LogP contribution in [0.15, 0.2) is 17.5 Å². The lowest BCUT2D eigenvalue weighted by Gasteiger charge is -2.31. The number of carbonyl (C=O) groups excluding carboxylic acids is 1. The number of Topliss-reactive ketones (excluding diaryl/α,β-unsaturated/α-hetero) is 1. The normalized spacial score (nSPS) is 24.1. The van der Waals surface area contributed by atoms with Crippen molar-refractivity contribution in [1.29, 1.82) is 0 Å². The largest absolute Gasteiger partial charge is 0.299 e. The molecular formula is C16H25NOS. The average Bonchev–Trinajstić information content (AvgIpc) is 2.93. The van der Waals surface area contributed by atoms with Crippen molar-refractivity contribution in [3.63, 3.8) is 0 Å². The van der Waals surface area contributed by atoms with E-state index in [1.807, 2.05) is 11.3 Å². The first-order chi connectivity index (χ1) is 9.22. The van der Waals surface area contributed by atoms with Crippen molar-refractivity contribution in [2.45, 2.75) is 46.1 Å². The number of thiophene rings is 1. The summed E-state index contributed by atoms with van der Waals surface area (Å²) in [6.07, 6.45) is 4.25. The Hall–Kier alpha value is -0.670. The lowest BCUT2D eigenvalue weighted by molar-refractivity contribution is -0.126. The van der Waals surface area contributed by atoms with E-state index in [-0.39, 0.29) is 5.92 Å². The highest BCUT2D eigenvalue weighted by molar-refractivity contribution is 7.09. The number of carbonyl (C=O) groups is 1. The summed E-state index contributed by atoms with van der Waals surface area (Å²) in [4.78, 5) is 15.9. The van der Waals surface area contributed by atoms with Gasteiger partial charge >= 0.3 is 0 Å². The maximum Gasteiger partial charge on any atom is 0.137 e. The van der Waals surface area contributed by atoms with Crippen LogP contribution in [-0.2, 0) is 11.3 Å². The van der Waals surface area contributed by atoms with Crippen LogP contribution in [0.2, 0.25) is 0 Å². The third kappa shape index (κ3) is 4.15. The molecule has 1 saturated carbocycles. The molecule has 1 aromatic heterocycles. The monoisotopic (exact) mass is 279 g/mol. The van der Waals surface area contributed by atoms with Gasteiger partial charge in [0.1, 0.15) is 5.78 Å². The van der Waals surface area contributed by atoms with Crippen LogP contribution in [0.5, 0.6) is 0 Å². The summed E-state index contributed by atoms with van der Waals surface area (Å²) in [5.41, 5.74) is 0. The molecule has 3 heteroatoms. The Labute approximate surface area is 120 Å². The molecule has 1 aromatic rings. The van der Waals surface area contributed by atoms with Gasteiger partial charge in [-0.25, -0.2) is 0 Å². The second-order valence-corrected chi connectivity index (χ2v) is 6.65. The van der Waals surface area contributed by atoms with Crippen LogP contribution < -0.4 is 0 Å². The zero-order valence-corrected chi connectivity index (χ0v) is 12.9. The van der Waals surface area contributed by atoms with E-state index in [0.29, 0.717) is 5.78 Å².